The zero-order chi connectivity index (χ0) is 39.3. The summed E-state index contributed by atoms with van der Waals surface area (Å²) in [7, 11) is 1.48. The van der Waals surface area contributed by atoms with E-state index in [0.717, 1.165) is 11.6 Å². The van der Waals surface area contributed by atoms with Gasteiger partial charge in [-0.15, -0.1) is 5.10 Å². The van der Waals surface area contributed by atoms with Gasteiger partial charge in [0, 0.05) is 26.1 Å². The van der Waals surface area contributed by atoms with E-state index in [1.165, 1.54) is 29.7 Å². The Morgan fingerprint density at radius 2 is 1.80 bits per heavy atom. The number of Topliss-reactive ketones (excluding diaryl/α,β-unsaturated/α-hetero) is 1. The van der Waals surface area contributed by atoms with E-state index >= 15 is 0 Å². The molecule has 2 aromatic heterocycles. The van der Waals surface area contributed by atoms with E-state index in [2.05, 4.69) is 26.2 Å². The zero-order valence-corrected chi connectivity index (χ0v) is 31.1. The Labute approximate surface area is 311 Å². The molecule has 0 aliphatic carbocycles. The van der Waals surface area contributed by atoms with Crippen LogP contribution in [0.1, 0.15) is 70.0 Å². The van der Waals surface area contributed by atoms with Crippen LogP contribution in [0.4, 0.5) is 4.79 Å². The van der Waals surface area contributed by atoms with Crippen LogP contribution < -0.4 is 21.0 Å². The number of benzene rings is 1. The van der Waals surface area contributed by atoms with Crippen molar-refractivity contribution in [1.82, 2.24) is 35.7 Å². The zero-order valence-electron chi connectivity index (χ0n) is 31.1. The minimum atomic E-state index is -1.39. The molecule has 3 atom stereocenters. The van der Waals surface area contributed by atoms with Gasteiger partial charge >= 0.3 is 17.7 Å². The quantitative estimate of drug-likeness (QED) is 0.188. The number of carbonyl (C=O) groups is 5. The first-order chi connectivity index (χ1) is 25.7. The fraction of sp³-hybridized carbons (Fsp3) is 0.528. The van der Waals surface area contributed by atoms with E-state index in [1.807, 2.05) is 6.07 Å². The van der Waals surface area contributed by atoms with Crippen LogP contribution in [0.2, 0.25) is 0 Å². The predicted octanol–water partition coefficient (Wildman–Crippen LogP) is 2.01. The molecule has 1 aromatic carbocycles. The molecule has 1 saturated heterocycles. The maximum atomic E-state index is 14.3. The largest absolute Gasteiger partial charge is 0.485 e. The Morgan fingerprint density at radius 1 is 1.04 bits per heavy atom. The molecular formula is C36H47N7O11. The second-order valence-electron chi connectivity index (χ2n) is 13.7. The van der Waals surface area contributed by atoms with Crippen molar-refractivity contribution in [3.05, 3.63) is 70.0 Å². The smallest absolute Gasteiger partial charge is 0.408 e. The lowest BCUT2D eigenvalue weighted by Gasteiger charge is -2.37. The van der Waals surface area contributed by atoms with Gasteiger partial charge in [0.1, 0.15) is 55.2 Å². The summed E-state index contributed by atoms with van der Waals surface area (Å²) < 4.78 is 27.8. The van der Waals surface area contributed by atoms with Crippen LogP contribution in [0.3, 0.4) is 0 Å². The third kappa shape index (κ3) is 12.8. The first-order valence-corrected chi connectivity index (χ1v) is 17.5. The molecule has 18 nitrogen and oxygen atoms in total. The lowest BCUT2D eigenvalue weighted by atomic mass is 9.98. The number of esters is 1. The van der Waals surface area contributed by atoms with Crippen molar-refractivity contribution in [2.75, 3.05) is 20.3 Å². The molecule has 4 rings (SSSR count). The maximum Gasteiger partial charge on any atom is 0.408 e. The van der Waals surface area contributed by atoms with E-state index in [0.29, 0.717) is 18.7 Å². The lowest BCUT2D eigenvalue weighted by molar-refractivity contribution is -0.157. The molecule has 1 aliphatic rings. The average Bonchev–Trinajstić information content (AvgIpc) is 3.57. The number of hydrogen-bond acceptors (Lipinski definition) is 14. The van der Waals surface area contributed by atoms with Crippen molar-refractivity contribution in [2.24, 2.45) is 0 Å². The van der Waals surface area contributed by atoms with Crippen molar-refractivity contribution >= 4 is 29.7 Å². The number of nitrogens with zero attached hydrogens (tertiary/aromatic N) is 5. The van der Waals surface area contributed by atoms with Gasteiger partial charge in [-0.25, -0.2) is 14.3 Å². The highest BCUT2D eigenvalue weighted by Gasteiger charge is 2.38. The van der Waals surface area contributed by atoms with Crippen LogP contribution in [0.15, 0.2) is 51.7 Å². The van der Waals surface area contributed by atoms with E-state index < -0.39 is 72.0 Å². The highest BCUT2D eigenvalue weighted by Crippen LogP contribution is 2.21. The summed E-state index contributed by atoms with van der Waals surface area (Å²) in [5.74, 6) is -1.94. The molecule has 54 heavy (non-hydrogen) atoms. The van der Waals surface area contributed by atoms with Gasteiger partial charge in [-0.05, 0) is 69.4 Å². The van der Waals surface area contributed by atoms with Crippen molar-refractivity contribution in [3.8, 4) is 5.75 Å². The van der Waals surface area contributed by atoms with Crippen LogP contribution in [-0.4, -0.2) is 98.8 Å². The molecule has 18 heteroatoms. The second-order valence-corrected chi connectivity index (χ2v) is 13.7. The highest BCUT2D eigenvalue weighted by atomic mass is 16.6. The van der Waals surface area contributed by atoms with Gasteiger partial charge in [0.15, 0.2) is 11.6 Å². The Kier molecular flexibility index (Phi) is 14.8. The molecule has 1 aliphatic heterocycles. The molecule has 2 N–H and O–H groups in total. The number of methoxy groups -OCH3 is 1. The van der Waals surface area contributed by atoms with Crippen LogP contribution >= 0.6 is 0 Å². The van der Waals surface area contributed by atoms with Gasteiger partial charge in [0.2, 0.25) is 11.8 Å². The Balaban J connectivity index is 1.52. The number of tetrazole rings is 1. The summed E-state index contributed by atoms with van der Waals surface area (Å²) in [6, 6.07) is 7.89. The number of alkyl carbamates (subject to hydrolysis) is 1. The van der Waals surface area contributed by atoms with Crippen LogP contribution in [0, 0.1) is 6.92 Å². The van der Waals surface area contributed by atoms with Gasteiger partial charge in [-0.2, -0.15) is 0 Å². The molecule has 3 aromatic rings. The standard InChI is InChI=1S/C36H47N7O11/c1-23-17-25(18-31(45)53-23)51-21-29(44)27(19-32(46)54-36(2,3)4)37-33(47)28-13-9-10-16-42(28)34(48)26(14-15-30-39-40-41-43(30)22-50-5)38-35(49)52-20-24-11-7-6-8-12-24/h6-8,11-12,17-18,26-28H,9-10,13-16,19-22H2,1-5H3,(H,37,47)(H,38,49)/t26-,27-,28-/m0/s1. The average molecular weight is 754 g/mol. The first-order valence-electron chi connectivity index (χ1n) is 17.5. The molecule has 0 bridgehead atoms. The van der Waals surface area contributed by atoms with Crippen LogP contribution in [0.5, 0.6) is 5.75 Å². The number of hydrogen-bond donors (Lipinski definition) is 2. The fourth-order valence-corrected chi connectivity index (χ4v) is 5.71. The monoisotopic (exact) mass is 753 g/mol. The third-order valence-corrected chi connectivity index (χ3v) is 8.15. The van der Waals surface area contributed by atoms with E-state index in [4.69, 9.17) is 23.4 Å². The van der Waals surface area contributed by atoms with E-state index in [-0.39, 0.29) is 50.7 Å². The summed E-state index contributed by atoms with van der Waals surface area (Å²) in [6.07, 6.45) is 0.253. The summed E-state index contributed by atoms with van der Waals surface area (Å²) in [4.78, 5) is 80.7. The fourth-order valence-electron chi connectivity index (χ4n) is 5.71. The SMILES string of the molecule is COCn1nnnc1CC[C@H](NC(=O)OCc1ccccc1)C(=O)N1CCCC[C@H]1C(=O)N[C@@H](CC(=O)OC(C)(C)C)C(=O)COc1cc(C)oc(=O)c1. The Bertz CT molecular complexity index is 1810. The van der Waals surface area contributed by atoms with Crippen molar-refractivity contribution in [1.29, 1.82) is 0 Å². The molecule has 292 valence electrons. The number of amides is 3. The number of likely N-dealkylation sites (tertiary alicyclic amines) is 1. The summed E-state index contributed by atoms with van der Waals surface area (Å²) in [6.45, 7) is 6.15. The normalized spacial score (nSPS) is 15.4. The molecule has 0 saturated carbocycles. The van der Waals surface area contributed by atoms with E-state index in [1.54, 1.807) is 45.0 Å². The Morgan fingerprint density at radius 3 is 2.50 bits per heavy atom. The summed E-state index contributed by atoms with van der Waals surface area (Å²) in [5.41, 5.74) is -0.804. The number of rotatable bonds is 17. The van der Waals surface area contributed by atoms with Gasteiger partial charge in [0.25, 0.3) is 0 Å². The maximum absolute atomic E-state index is 14.3. The molecule has 0 spiro atoms. The van der Waals surface area contributed by atoms with Gasteiger partial charge in [-0.3, -0.25) is 19.2 Å². The highest BCUT2D eigenvalue weighted by molar-refractivity contribution is 5.96. The molecule has 0 unspecified atom stereocenters. The van der Waals surface area contributed by atoms with E-state index in [9.17, 15) is 28.8 Å². The minimum Gasteiger partial charge on any atom is -0.485 e. The molecule has 1 fully saturated rings. The van der Waals surface area contributed by atoms with Crippen molar-refractivity contribution in [2.45, 2.75) is 103 Å². The Hall–Kier alpha value is -5.65. The second kappa shape index (κ2) is 19.4. The van der Waals surface area contributed by atoms with Crippen LogP contribution in [-0.2, 0) is 53.1 Å². The number of piperidine rings is 1. The van der Waals surface area contributed by atoms with Crippen molar-refractivity contribution in [3.63, 3.8) is 0 Å². The topological polar surface area (TPSA) is 223 Å². The molecule has 3 amide bonds. The molecule has 3 heterocycles. The summed E-state index contributed by atoms with van der Waals surface area (Å²) in [5, 5.41) is 16.8. The van der Waals surface area contributed by atoms with Gasteiger partial charge < -0.3 is 38.9 Å². The van der Waals surface area contributed by atoms with Crippen molar-refractivity contribution < 1.29 is 47.3 Å². The van der Waals surface area contributed by atoms with Gasteiger partial charge in [0.05, 0.1) is 12.5 Å². The lowest BCUT2D eigenvalue weighted by Crippen LogP contribution is -2.59. The molecule has 0 radical (unpaired) electrons. The van der Waals surface area contributed by atoms with Crippen LogP contribution in [0.25, 0.3) is 0 Å². The number of ketones is 1. The number of ether oxygens (including phenoxy) is 4. The number of aryl methyl sites for hydroxylation is 2. The third-order valence-electron chi connectivity index (χ3n) is 8.15. The van der Waals surface area contributed by atoms with Gasteiger partial charge in [-0.1, -0.05) is 30.3 Å². The summed E-state index contributed by atoms with van der Waals surface area (Å²) >= 11 is 0. The number of aromatic nitrogens is 4. The first kappa shape index (κ1) is 41.1. The number of nitrogens with one attached hydrogen (secondary N) is 2. The molecular weight excluding hydrogens is 706 g/mol. The predicted molar refractivity (Wildman–Crippen MR) is 189 cm³/mol. The minimum absolute atomic E-state index is 0.0392. The number of carbonyl (C=O) groups excluding carboxylic acids is 5.